The third-order valence-electron chi connectivity index (χ3n) is 2.32. The van der Waals surface area contributed by atoms with Gasteiger partial charge in [-0.25, -0.2) is 4.98 Å². The maximum atomic E-state index is 8.79. The first kappa shape index (κ1) is 13.4. The number of rotatable bonds is 5. The van der Waals surface area contributed by atoms with Crippen LogP contribution in [-0.4, -0.2) is 27.6 Å². The van der Waals surface area contributed by atoms with Crippen LogP contribution in [0.5, 0.6) is 0 Å². The topological polar surface area (TPSA) is 58.0 Å². The van der Waals surface area contributed by atoms with E-state index in [-0.39, 0.29) is 12.0 Å². The molecule has 16 heavy (non-hydrogen) atoms. The van der Waals surface area contributed by atoms with Crippen molar-refractivity contribution in [3.05, 3.63) is 5.82 Å². The van der Waals surface area contributed by atoms with E-state index in [2.05, 4.69) is 42.4 Å². The fourth-order valence-corrected chi connectivity index (χ4v) is 1.95. The zero-order valence-electron chi connectivity index (χ0n) is 10.4. The highest BCUT2D eigenvalue weighted by Gasteiger charge is 2.19. The van der Waals surface area contributed by atoms with E-state index in [1.54, 1.807) is 0 Å². The molecule has 0 saturated carbocycles. The van der Waals surface area contributed by atoms with E-state index in [9.17, 15) is 0 Å². The SMILES string of the molecule is CC(CCO)CNc1nc(C(C)(C)C)ns1. The molecule has 0 bridgehead atoms. The molecule has 1 heterocycles. The van der Waals surface area contributed by atoms with Crippen LogP contribution in [-0.2, 0) is 5.41 Å². The minimum absolute atomic E-state index is 0.00709. The van der Waals surface area contributed by atoms with E-state index in [0.717, 1.165) is 23.9 Å². The van der Waals surface area contributed by atoms with E-state index in [0.29, 0.717) is 5.92 Å². The van der Waals surface area contributed by atoms with Gasteiger partial charge in [-0.15, -0.1) is 0 Å². The summed E-state index contributed by atoms with van der Waals surface area (Å²) in [6, 6.07) is 0. The van der Waals surface area contributed by atoms with Gasteiger partial charge in [-0.1, -0.05) is 27.7 Å². The summed E-state index contributed by atoms with van der Waals surface area (Å²) in [5.41, 5.74) is 0.00709. The Morgan fingerprint density at radius 3 is 2.62 bits per heavy atom. The molecule has 0 amide bonds. The highest BCUT2D eigenvalue weighted by molar-refractivity contribution is 7.09. The maximum Gasteiger partial charge on any atom is 0.202 e. The molecule has 1 aromatic heterocycles. The highest BCUT2D eigenvalue weighted by Crippen LogP contribution is 2.23. The first-order chi connectivity index (χ1) is 7.43. The second-order valence-corrected chi connectivity index (χ2v) is 5.92. The Kier molecular flexibility index (Phi) is 4.68. The van der Waals surface area contributed by atoms with Crippen molar-refractivity contribution in [2.24, 2.45) is 5.92 Å². The lowest BCUT2D eigenvalue weighted by atomic mass is 9.96. The maximum absolute atomic E-state index is 8.79. The van der Waals surface area contributed by atoms with E-state index in [1.807, 2.05) is 0 Å². The standard InChI is InChI=1S/C11H21N3OS/c1-8(5-6-15)7-12-10-13-9(14-16-10)11(2,3)4/h8,15H,5-7H2,1-4H3,(H,12,13,14). The second kappa shape index (κ2) is 5.59. The minimum Gasteiger partial charge on any atom is -0.396 e. The van der Waals surface area contributed by atoms with Gasteiger partial charge in [0, 0.05) is 30.1 Å². The van der Waals surface area contributed by atoms with Crippen molar-refractivity contribution in [2.75, 3.05) is 18.5 Å². The average molecular weight is 243 g/mol. The molecule has 0 saturated heterocycles. The predicted molar refractivity (Wildman–Crippen MR) is 68.0 cm³/mol. The van der Waals surface area contributed by atoms with Crippen LogP contribution in [0.25, 0.3) is 0 Å². The second-order valence-electron chi connectivity index (χ2n) is 5.17. The van der Waals surface area contributed by atoms with Crippen LogP contribution < -0.4 is 5.32 Å². The summed E-state index contributed by atoms with van der Waals surface area (Å²) in [6.45, 7) is 9.49. The number of anilines is 1. The molecule has 1 rings (SSSR count). The van der Waals surface area contributed by atoms with Crippen LogP contribution in [0.4, 0.5) is 5.13 Å². The van der Waals surface area contributed by atoms with Crippen LogP contribution in [0.15, 0.2) is 0 Å². The molecule has 1 aromatic rings. The van der Waals surface area contributed by atoms with Crippen LogP contribution >= 0.6 is 11.5 Å². The zero-order valence-corrected chi connectivity index (χ0v) is 11.3. The molecule has 1 atom stereocenters. The molecule has 0 radical (unpaired) electrons. The van der Waals surface area contributed by atoms with Gasteiger partial charge in [0.25, 0.3) is 0 Å². The number of hydrogen-bond acceptors (Lipinski definition) is 5. The van der Waals surface area contributed by atoms with Gasteiger partial charge in [0.05, 0.1) is 0 Å². The molecular formula is C11H21N3OS. The van der Waals surface area contributed by atoms with Crippen LogP contribution in [0.2, 0.25) is 0 Å². The fourth-order valence-electron chi connectivity index (χ4n) is 1.18. The summed E-state index contributed by atoms with van der Waals surface area (Å²) in [7, 11) is 0. The average Bonchev–Trinajstić information content (AvgIpc) is 2.63. The summed E-state index contributed by atoms with van der Waals surface area (Å²) in [6.07, 6.45) is 0.817. The van der Waals surface area contributed by atoms with Crippen molar-refractivity contribution in [1.29, 1.82) is 0 Å². The number of aliphatic hydroxyl groups is 1. The molecule has 1 unspecified atom stereocenters. The Balaban J connectivity index is 2.47. The van der Waals surface area contributed by atoms with Gasteiger partial charge in [0.2, 0.25) is 5.13 Å². The number of aromatic nitrogens is 2. The molecule has 0 aromatic carbocycles. The van der Waals surface area contributed by atoms with Crippen molar-refractivity contribution < 1.29 is 5.11 Å². The van der Waals surface area contributed by atoms with Gasteiger partial charge in [0.15, 0.2) is 0 Å². The number of aliphatic hydroxyl groups excluding tert-OH is 1. The van der Waals surface area contributed by atoms with E-state index < -0.39 is 0 Å². The molecule has 0 spiro atoms. The lowest BCUT2D eigenvalue weighted by Crippen LogP contribution is -2.15. The van der Waals surface area contributed by atoms with Crippen molar-refractivity contribution in [1.82, 2.24) is 9.36 Å². The fraction of sp³-hybridized carbons (Fsp3) is 0.818. The van der Waals surface area contributed by atoms with Gasteiger partial charge in [-0.3, -0.25) is 0 Å². The largest absolute Gasteiger partial charge is 0.396 e. The molecule has 0 aliphatic carbocycles. The third-order valence-corrected chi connectivity index (χ3v) is 2.99. The summed E-state index contributed by atoms with van der Waals surface area (Å²) in [4.78, 5) is 4.45. The van der Waals surface area contributed by atoms with Crippen molar-refractivity contribution in [2.45, 2.75) is 39.5 Å². The Bertz CT molecular complexity index is 319. The molecule has 0 aliphatic rings. The minimum atomic E-state index is 0.00709. The van der Waals surface area contributed by atoms with E-state index in [4.69, 9.17) is 5.11 Å². The van der Waals surface area contributed by atoms with Gasteiger partial charge in [-0.2, -0.15) is 4.37 Å². The number of hydrogen-bond donors (Lipinski definition) is 2. The van der Waals surface area contributed by atoms with Crippen LogP contribution in [0, 0.1) is 5.92 Å². The lowest BCUT2D eigenvalue weighted by Gasteiger charge is -2.12. The van der Waals surface area contributed by atoms with Crippen molar-refractivity contribution in [3.63, 3.8) is 0 Å². The molecular weight excluding hydrogens is 222 g/mol. The number of nitrogens with one attached hydrogen (secondary N) is 1. The Labute approximate surface area is 101 Å². The summed E-state index contributed by atoms with van der Waals surface area (Å²) in [5, 5.41) is 12.9. The molecule has 5 heteroatoms. The van der Waals surface area contributed by atoms with Crippen LogP contribution in [0.3, 0.4) is 0 Å². The van der Waals surface area contributed by atoms with Gasteiger partial charge in [-0.05, 0) is 12.3 Å². The third kappa shape index (κ3) is 4.06. The lowest BCUT2D eigenvalue weighted by molar-refractivity contribution is 0.266. The Morgan fingerprint density at radius 1 is 1.44 bits per heavy atom. The van der Waals surface area contributed by atoms with Crippen molar-refractivity contribution in [3.8, 4) is 0 Å². The molecule has 2 N–H and O–H groups in total. The normalized spacial score (nSPS) is 13.8. The summed E-state index contributed by atoms with van der Waals surface area (Å²) >= 11 is 1.40. The zero-order chi connectivity index (χ0) is 12.2. The van der Waals surface area contributed by atoms with Gasteiger partial charge < -0.3 is 10.4 Å². The summed E-state index contributed by atoms with van der Waals surface area (Å²) < 4.78 is 4.33. The van der Waals surface area contributed by atoms with Crippen LogP contribution in [0.1, 0.15) is 39.9 Å². The van der Waals surface area contributed by atoms with E-state index in [1.165, 1.54) is 11.5 Å². The van der Waals surface area contributed by atoms with Gasteiger partial charge in [0.1, 0.15) is 5.82 Å². The first-order valence-corrected chi connectivity index (χ1v) is 6.39. The molecule has 0 aliphatic heterocycles. The quantitative estimate of drug-likeness (QED) is 0.833. The number of nitrogens with zero attached hydrogens (tertiary/aromatic N) is 2. The molecule has 0 fully saturated rings. The summed E-state index contributed by atoms with van der Waals surface area (Å²) in [5.74, 6) is 1.33. The Morgan fingerprint density at radius 2 is 2.12 bits per heavy atom. The molecule has 92 valence electrons. The van der Waals surface area contributed by atoms with E-state index >= 15 is 0 Å². The smallest absolute Gasteiger partial charge is 0.202 e. The predicted octanol–water partition coefficient (Wildman–Crippen LogP) is 2.27. The monoisotopic (exact) mass is 243 g/mol. The van der Waals surface area contributed by atoms with Gasteiger partial charge >= 0.3 is 0 Å². The highest BCUT2D eigenvalue weighted by atomic mass is 32.1. The molecule has 4 nitrogen and oxygen atoms in total. The Hall–Kier alpha value is -0.680. The first-order valence-electron chi connectivity index (χ1n) is 5.62. The van der Waals surface area contributed by atoms with Crippen molar-refractivity contribution >= 4 is 16.7 Å².